The highest BCUT2D eigenvalue weighted by Crippen LogP contribution is 2.43. The lowest BCUT2D eigenvalue weighted by atomic mass is 10.1. The summed E-state index contributed by atoms with van der Waals surface area (Å²) in [6.07, 6.45) is 17.4. The molecule has 0 amide bonds. The van der Waals surface area contributed by atoms with E-state index in [1.54, 1.807) is 0 Å². The molecule has 14 heteroatoms. The first-order valence-corrected chi connectivity index (χ1v) is 21.4. The molecule has 0 aliphatic rings. The van der Waals surface area contributed by atoms with Crippen LogP contribution in [0.1, 0.15) is 155 Å². The molecule has 306 valence electrons. The van der Waals surface area contributed by atoms with Gasteiger partial charge in [0.05, 0.1) is 41.0 Å². The Kier molecular flexibility index (Phi) is 31.1. The molecule has 0 aromatic rings. The molecule has 0 rings (SSSR count). The summed E-state index contributed by atoms with van der Waals surface area (Å²) in [5.74, 6) is -2.10. The van der Waals surface area contributed by atoms with Crippen LogP contribution in [0.4, 0.5) is 0 Å². The van der Waals surface area contributed by atoms with Crippen molar-refractivity contribution >= 4 is 31.7 Å². The topological polar surface area (TPSA) is 161 Å². The minimum Gasteiger partial charge on any atom is -0.466 e. The van der Waals surface area contributed by atoms with E-state index in [2.05, 4.69) is 13.8 Å². The first-order chi connectivity index (χ1) is 24.8. The third kappa shape index (κ3) is 35.0. The lowest BCUT2D eigenvalue weighted by Gasteiger charge is -2.24. The van der Waals surface area contributed by atoms with E-state index in [4.69, 9.17) is 28.0 Å². The van der Waals surface area contributed by atoms with Gasteiger partial charge in [-0.15, -0.1) is 0 Å². The van der Waals surface area contributed by atoms with Gasteiger partial charge in [0.15, 0.2) is 6.10 Å². The molecular formula is C38H73NO12P+. The van der Waals surface area contributed by atoms with Crippen molar-refractivity contribution in [3.8, 4) is 0 Å². The zero-order valence-corrected chi connectivity index (χ0v) is 34.1. The summed E-state index contributed by atoms with van der Waals surface area (Å²) in [6.45, 7) is 4.48. The normalized spacial score (nSPS) is 13.3. The number of phosphoric ester groups is 1. The Morgan fingerprint density at radius 2 is 0.923 bits per heavy atom. The lowest BCUT2D eigenvalue weighted by molar-refractivity contribution is -0.870. The van der Waals surface area contributed by atoms with E-state index in [1.165, 1.54) is 64.2 Å². The Balaban J connectivity index is 4.57. The number of hydrogen-bond donors (Lipinski definition) is 1. The molecule has 0 spiro atoms. The average molecular weight is 767 g/mol. The van der Waals surface area contributed by atoms with E-state index in [1.807, 2.05) is 21.1 Å². The smallest absolute Gasteiger partial charge is 0.466 e. The molecule has 2 atom stereocenters. The Labute approximate surface area is 314 Å². The highest BCUT2D eigenvalue weighted by Gasteiger charge is 2.27. The van der Waals surface area contributed by atoms with E-state index in [0.29, 0.717) is 24.2 Å². The van der Waals surface area contributed by atoms with Crippen molar-refractivity contribution in [2.24, 2.45) is 0 Å². The SMILES string of the molecule is CCCCCCCCCCOC(=O)CCCC(=O)OC[C@H](COP(=O)(O)OCC[N+](C)(C)C)OC(=O)CCCC(=O)OCCCCCCCCCC. The Morgan fingerprint density at radius 1 is 0.519 bits per heavy atom. The first kappa shape index (κ1) is 49.9. The summed E-state index contributed by atoms with van der Waals surface area (Å²) in [4.78, 5) is 59.2. The number of ether oxygens (including phenoxy) is 4. The van der Waals surface area contributed by atoms with Gasteiger partial charge >= 0.3 is 31.7 Å². The zero-order chi connectivity index (χ0) is 38.9. The number of carbonyl (C=O) groups is 4. The fourth-order valence-electron chi connectivity index (χ4n) is 5.01. The summed E-state index contributed by atoms with van der Waals surface area (Å²) in [6, 6.07) is 0. The van der Waals surface area contributed by atoms with Crippen molar-refractivity contribution in [2.45, 2.75) is 161 Å². The van der Waals surface area contributed by atoms with Gasteiger partial charge in [-0.05, 0) is 25.7 Å². The third-order valence-electron chi connectivity index (χ3n) is 8.21. The first-order valence-electron chi connectivity index (χ1n) is 19.9. The maximum atomic E-state index is 12.6. The van der Waals surface area contributed by atoms with Crippen molar-refractivity contribution in [3.63, 3.8) is 0 Å². The van der Waals surface area contributed by atoms with Crippen molar-refractivity contribution in [2.75, 3.05) is 60.7 Å². The number of quaternary nitrogens is 1. The highest BCUT2D eigenvalue weighted by atomic mass is 31.2. The second kappa shape index (κ2) is 32.4. The van der Waals surface area contributed by atoms with Crippen LogP contribution in [-0.2, 0) is 51.7 Å². The molecule has 0 fully saturated rings. The molecule has 0 saturated carbocycles. The van der Waals surface area contributed by atoms with Crippen LogP contribution in [0.2, 0.25) is 0 Å². The molecule has 52 heavy (non-hydrogen) atoms. The number of likely N-dealkylation sites (N-methyl/N-ethyl adjacent to an activating group) is 1. The molecule has 13 nitrogen and oxygen atoms in total. The van der Waals surface area contributed by atoms with Crippen LogP contribution in [0.3, 0.4) is 0 Å². The zero-order valence-electron chi connectivity index (χ0n) is 33.2. The molecule has 0 heterocycles. The summed E-state index contributed by atoms with van der Waals surface area (Å²) in [7, 11) is 1.20. The molecular weight excluding hydrogens is 693 g/mol. The van der Waals surface area contributed by atoms with E-state index in [9.17, 15) is 28.6 Å². The largest absolute Gasteiger partial charge is 0.472 e. The number of carbonyl (C=O) groups excluding carboxylic acids is 4. The molecule has 0 aliphatic carbocycles. The number of hydrogen-bond acceptors (Lipinski definition) is 11. The van der Waals surface area contributed by atoms with E-state index in [-0.39, 0.29) is 51.1 Å². The van der Waals surface area contributed by atoms with Gasteiger partial charge in [0.25, 0.3) is 0 Å². The van der Waals surface area contributed by atoms with Gasteiger partial charge in [0, 0.05) is 25.7 Å². The van der Waals surface area contributed by atoms with Crippen LogP contribution in [-0.4, -0.2) is 100 Å². The molecule has 1 unspecified atom stereocenters. The van der Waals surface area contributed by atoms with Crippen LogP contribution in [0.5, 0.6) is 0 Å². The molecule has 0 bridgehead atoms. The molecule has 0 saturated heterocycles. The van der Waals surface area contributed by atoms with Crippen LogP contribution in [0, 0.1) is 0 Å². The number of nitrogens with zero attached hydrogens (tertiary/aromatic N) is 1. The molecule has 0 aromatic carbocycles. The monoisotopic (exact) mass is 766 g/mol. The Morgan fingerprint density at radius 3 is 1.37 bits per heavy atom. The van der Waals surface area contributed by atoms with Gasteiger partial charge in [0.2, 0.25) is 0 Å². The van der Waals surface area contributed by atoms with Gasteiger partial charge in [-0.25, -0.2) is 4.57 Å². The molecule has 0 aliphatic heterocycles. The van der Waals surface area contributed by atoms with E-state index in [0.717, 1.165) is 38.5 Å². The fourth-order valence-corrected chi connectivity index (χ4v) is 5.75. The summed E-state index contributed by atoms with van der Waals surface area (Å²) < 4.78 is 44.1. The number of unbranched alkanes of at least 4 members (excludes halogenated alkanes) is 14. The molecule has 0 radical (unpaired) electrons. The van der Waals surface area contributed by atoms with Crippen molar-refractivity contribution in [1.29, 1.82) is 0 Å². The van der Waals surface area contributed by atoms with Crippen LogP contribution >= 0.6 is 7.82 Å². The maximum Gasteiger partial charge on any atom is 0.472 e. The number of phosphoric acid groups is 1. The molecule has 1 N–H and O–H groups in total. The number of rotatable bonds is 36. The summed E-state index contributed by atoms with van der Waals surface area (Å²) in [5.41, 5.74) is 0. The Hall–Kier alpha value is -2.05. The van der Waals surface area contributed by atoms with Crippen molar-refractivity contribution in [1.82, 2.24) is 0 Å². The van der Waals surface area contributed by atoms with Crippen LogP contribution in [0.25, 0.3) is 0 Å². The lowest BCUT2D eigenvalue weighted by Crippen LogP contribution is -2.37. The fraction of sp³-hybridized carbons (Fsp3) is 0.895. The molecule has 0 aromatic heterocycles. The van der Waals surface area contributed by atoms with Crippen molar-refractivity contribution < 1.29 is 61.1 Å². The average Bonchev–Trinajstić information content (AvgIpc) is 3.07. The second-order valence-corrected chi connectivity index (χ2v) is 16.0. The van der Waals surface area contributed by atoms with E-state index < -0.39 is 45.0 Å². The van der Waals surface area contributed by atoms with Crippen molar-refractivity contribution in [3.05, 3.63) is 0 Å². The predicted molar refractivity (Wildman–Crippen MR) is 200 cm³/mol. The predicted octanol–water partition coefficient (Wildman–Crippen LogP) is 7.99. The van der Waals surface area contributed by atoms with E-state index >= 15 is 0 Å². The van der Waals surface area contributed by atoms with Crippen LogP contribution in [0.15, 0.2) is 0 Å². The third-order valence-corrected chi connectivity index (χ3v) is 9.20. The van der Waals surface area contributed by atoms with Crippen LogP contribution < -0.4 is 0 Å². The van der Waals surface area contributed by atoms with Gasteiger partial charge in [0.1, 0.15) is 19.8 Å². The summed E-state index contributed by atoms with van der Waals surface area (Å²) in [5, 5.41) is 0. The van der Waals surface area contributed by atoms with Gasteiger partial charge in [-0.1, -0.05) is 104 Å². The Bertz CT molecular complexity index is 988. The quantitative estimate of drug-likeness (QED) is 0.0216. The maximum absolute atomic E-state index is 12.6. The van der Waals surface area contributed by atoms with Gasteiger partial charge in [-0.3, -0.25) is 28.2 Å². The summed E-state index contributed by atoms with van der Waals surface area (Å²) >= 11 is 0. The minimum atomic E-state index is -4.49. The van der Waals surface area contributed by atoms with Gasteiger partial charge in [-0.2, -0.15) is 0 Å². The van der Waals surface area contributed by atoms with Gasteiger partial charge < -0.3 is 28.3 Å². The minimum absolute atomic E-state index is 0.0375. The highest BCUT2D eigenvalue weighted by molar-refractivity contribution is 7.47. The number of esters is 4. The standard InChI is InChI=1S/C38H72NO12P/c1-6-8-10-12-14-16-18-20-29-46-35(40)24-22-26-37(42)48-32-34(33-50-52(44,45)49-31-28-39(3,4)5)51-38(43)27-23-25-36(41)47-30-21-19-17-15-13-11-9-7-2/h34H,6-33H2,1-5H3/p+1/t34-/m1/s1. The second-order valence-electron chi connectivity index (χ2n) is 14.5.